The van der Waals surface area contributed by atoms with E-state index < -0.39 is 127 Å². The lowest BCUT2D eigenvalue weighted by molar-refractivity contribution is -0.355. The molecule has 0 spiro atoms. The van der Waals surface area contributed by atoms with Crippen LogP contribution in [0.4, 0.5) is 0 Å². The van der Waals surface area contributed by atoms with E-state index >= 15 is 0 Å². The van der Waals surface area contributed by atoms with Gasteiger partial charge in [0, 0.05) is 12.8 Å². The van der Waals surface area contributed by atoms with E-state index in [1.807, 2.05) is 13.8 Å². The molecule has 1 unspecified atom stereocenters. The fourth-order valence-electron chi connectivity index (χ4n) is 16.8. The summed E-state index contributed by atoms with van der Waals surface area (Å²) in [6.07, 6.45) is -12.5. The highest BCUT2D eigenvalue weighted by Crippen LogP contribution is 2.80. The van der Waals surface area contributed by atoms with Crippen molar-refractivity contribution in [2.45, 2.75) is 216 Å². The maximum absolute atomic E-state index is 14.4. The number of carbonyl (C=O) groups is 2. The number of rotatable bonds is 11. The molecule has 0 aromatic heterocycles. The second-order valence-corrected chi connectivity index (χ2v) is 23.9. The third-order valence-electron chi connectivity index (χ3n) is 20.3. The van der Waals surface area contributed by atoms with E-state index in [1.165, 1.54) is 6.92 Å². The standard InChI is InChI=1S/C49H78O19/c1-23(51)61-20-25-33(54)36(57)40(65-25)67-38-35(56)32(53)26(21-62-39-37(58)34(55)31(52)24(19-50)64-39)66-41(38)63-22-44(4)13-8-14-45(5)28(44)11-15-46(6)29(45)9-10-30-47(46,7)17-18-49(60)27-12-16-48(30,49)42(59)68-43(27,2)3/h24-41,50,52-58,60H,8-22H2,1-7H3/t24-,25+,26-,27-,28?,29-,30+,31-,32-,33+,34+,35+,36-,37-,38-,39-,40+,41-,44-,45+,46-,47-,48-,49-/m1/s1. The SMILES string of the molecule is CC(=O)OC[C@@H]1O[C@@H](O[C@H]2[C@H](OC[C@@]3(C)CCC[C@@]4(C)C3CC[C@]3(C)[C@@H]4CC[C@@H]4[C@]56CC[C@H](C(C)(C)OC5=O)[C@]6(O)CC[C@]43C)O[C@H](CO[C@@H]3O[C@H](CO)[C@@H](O)[C@H](O)[C@H]3O)[C@@H](O)[C@@H]2O)[C@H](O)[C@H]1O. The molecule has 0 aromatic rings. The van der Waals surface area contributed by atoms with Crippen molar-refractivity contribution in [3.63, 3.8) is 0 Å². The van der Waals surface area contributed by atoms with Gasteiger partial charge in [-0.2, -0.15) is 0 Å². The van der Waals surface area contributed by atoms with Crippen LogP contribution in [-0.2, 0) is 47.5 Å². The molecule has 5 saturated carbocycles. The number of hydrogen-bond donors (Lipinski definition) is 9. The molecule has 9 N–H and O–H groups in total. The Morgan fingerprint density at radius 3 is 1.93 bits per heavy atom. The zero-order valence-electron chi connectivity index (χ0n) is 40.6. The average Bonchev–Trinajstić information content (AvgIpc) is 3.71. The summed E-state index contributed by atoms with van der Waals surface area (Å²) in [5, 5.41) is 98.7. The lowest BCUT2D eigenvalue weighted by Crippen LogP contribution is -2.74. The quantitative estimate of drug-likeness (QED) is 0.128. The van der Waals surface area contributed by atoms with Crippen molar-refractivity contribution in [2.75, 3.05) is 26.4 Å². The van der Waals surface area contributed by atoms with Crippen LogP contribution >= 0.6 is 0 Å². The Morgan fingerprint density at radius 2 is 1.22 bits per heavy atom. The van der Waals surface area contributed by atoms with Crippen LogP contribution in [0.5, 0.6) is 0 Å². The summed E-state index contributed by atoms with van der Waals surface area (Å²) in [6.45, 7) is 13.1. The summed E-state index contributed by atoms with van der Waals surface area (Å²) in [4.78, 5) is 25.9. The number of esters is 2. The number of cyclic esters (lactones) is 1. The molecule has 0 aromatic carbocycles. The average molecular weight is 971 g/mol. The van der Waals surface area contributed by atoms with Crippen molar-refractivity contribution in [1.29, 1.82) is 0 Å². The molecular formula is C49H78O19. The Kier molecular flexibility index (Phi) is 13.4. The van der Waals surface area contributed by atoms with E-state index in [1.54, 1.807) is 0 Å². The molecule has 0 radical (unpaired) electrons. The zero-order valence-corrected chi connectivity index (χ0v) is 40.6. The van der Waals surface area contributed by atoms with Crippen LogP contribution in [-0.4, -0.2) is 182 Å². The first-order chi connectivity index (χ1) is 31.8. The highest BCUT2D eigenvalue weighted by Gasteiger charge is 2.81. The fourth-order valence-corrected chi connectivity index (χ4v) is 16.8. The van der Waals surface area contributed by atoms with Crippen molar-refractivity contribution in [3.05, 3.63) is 0 Å². The number of ether oxygens (including phenoxy) is 8. The van der Waals surface area contributed by atoms with E-state index in [4.69, 9.17) is 37.9 Å². The molecular weight excluding hydrogens is 893 g/mol. The Balaban J connectivity index is 0.950. The molecule has 9 rings (SSSR count). The van der Waals surface area contributed by atoms with E-state index in [2.05, 4.69) is 27.7 Å². The first kappa shape index (κ1) is 51.2. The van der Waals surface area contributed by atoms with Crippen molar-refractivity contribution in [1.82, 2.24) is 0 Å². The minimum absolute atomic E-state index is 0.0118. The van der Waals surface area contributed by atoms with Crippen LogP contribution in [0.25, 0.3) is 0 Å². The molecule has 0 amide bonds. The zero-order chi connectivity index (χ0) is 49.3. The number of aliphatic hydroxyl groups is 9. The second-order valence-electron chi connectivity index (χ2n) is 23.9. The molecule has 9 aliphatic rings. The number of aliphatic hydroxyl groups excluding tert-OH is 8. The molecule has 4 heterocycles. The molecule has 19 heteroatoms. The van der Waals surface area contributed by atoms with Crippen molar-refractivity contribution < 1.29 is 93.4 Å². The molecule has 9 fully saturated rings. The van der Waals surface area contributed by atoms with Gasteiger partial charge in [0.15, 0.2) is 18.9 Å². The van der Waals surface area contributed by atoms with Crippen LogP contribution in [0, 0.1) is 50.7 Å². The maximum Gasteiger partial charge on any atom is 0.315 e. The van der Waals surface area contributed by atoms with Gasteiger partial charge in [0.05, 0.1) is 25.4 Å². The largest absolute Gasteiger partial charge is 0.463 e. The normalized spacial score (nSPS) is 55.0. The summed E-state index contributed by atoms with van der Waals surface area (Å²) in [5.41, 5.74) is -3.66. The summed E-state index contributed by atoms with van der Waals surface area (Å²) < 4.78 is 47.5. The van der Waals surface area contributed by atoms with E-state index in [9.17, 15) is 55.5 Å². The maximum atomic E-state index is 14.4. The first-order valence-electron chi connectivity index (χ1n) is 25.1. The van der Waals surface area contributed by atoms with Crippen LogP contribution in [0.1, 0.15) is 119 Å². The van der Waals surface area contributed by atoms with Gasteiger partial charge >= 0.3 is 11.9 Å². The molecule has 4 saturated heterocycles. The lowest BCUT2D eigenvalue weighted by Gasteiger charge is -2.74. The van der Waals surface area contributed by atoms with E-state index in [0.29, 0.717) is 18.8 Å². The van der Waals surface area contributed by atoms with Gasteiger partial charge in [-0.3, -0.25) is 9.59 Å². The van der Waals surface area contributed by atoms with Gasteiger partial charge in [-0.05, 0) is 117 Å². The summed E-state index contributed by atoms with van der Waals surface area (Å²) >= 11 is 0. The van der Waals surface area contributed by atoms with E-state index in [-0.39, 0.29) is 53.2 Å². The highest BCUT2D eigenvalue weighted by atomic mass is 16.8. The van der Waals surface area contributed by atoms with Crippen molar-refractivity contribution in [3.8, 4) is 0 Å². The lowest BCUT2D eigenvalue weighted by atomic mass is 9.31. The molecule has 4 aliphatic heterocycles. The van der Waals surface area contributed by atoms with Crippen LogP contribution in [0.3, 0.4) is 0 Å². The van der Waals surface area contributed by atoms with E-state index in [0.717, 1.165) is 57.8 Å². The second kappa shape index (κ2) is 17.8. The minimum Gasteiger partial charge on any atom is -0.463 e. The smallest absolute Gasteiger partial charge is 0.315 e. The molecule has 5 aliphatic carbocycles. The molecule has 19 nitrogen and oxygen atoms in total. The van der Waals surface area contributed by atoms with Crippen molar-refractivity contribution >= 4 is 11.9 Å². The van der Waals surface area contributed by atoms with Gasteiger partial charge < -0.3 is 83.9 Å². The Bertz CT molecular complexity index is 1890. The summed E-state index contributed by atoms with van der Waals surface area (Å²) in [6, 6.07) is 0. The topological polar surface area (TPSA) is 290 Å². The van der Waals surface area contributed by atoms with Gasteiger partial charge in [-0.1, -0.05) is 34.1 Å². The molecule has 68 heavy (non-hydrogen) atoms. The predicted molar refractivity (Wildman–Crippen MR) is 233 cm³/mol. The first-order valence-corrected chi connectivity index (χ1v) is 25.1. The van der Waals surface area contributed by atoms with Crippen LogP contribution in [0.2, 0.25) is 0 Å². The van der Waals surface area contributed by atoms with Gasteiger partial charge in [0.1, 0.15) is 84.8 Å². The summed E-state index contributed by atoms with van der Waals surface area (Å²) in [7, 11) is 0. The Morgan fingerprint density at radius 1 is 0.618 bits per heavy atom. The van der Waals surface area contributed by atoms with Gasteiger partial charge in [0.2, 0.25) is 0 Å². The Labute approximate surface area is 398 Å². The molecule has 24 atom stereocenters. The van der Waals surface area contributed by atoms with Crippen molar-refractivity contribution in [2.24, 2.45) is 50.7 Å². The Hall–Kier alpha value is -1.66. The third-order valence-corrected chi connectivity index (χ3v) is 20.3. The van der Waals surface area contributed by atoms with Crippen LogP contribution < -0.4 is 0 Å². The van der Waals surface area contributed by atoms with Crippen LogP contribution in [0.15, 0.2) is 0 Å². The monoisotopic (exact) mass is 971 g/mol. The number of hydrogen-bond acceptors (Lipinski definition) is 19. The minimum atomic E-state index is -1.76. The highest BCUT2D eigenvalue weighted by molar-refractivity contribution is 5.82. The van der Waals surface area contributed by atoms with Gasteiger partial charge in [0.25, 0.3) is 0 Å². The van der Waals surface area contributed by atoms with Gasteiger partial charge in [-0.25, -0.2) is 0 Å². The summed E-state index contributed by atoms with van der Waals surface area (Å²) in [5.74, 6) is -0.483. The predicted octanol–water partition coefficient (Wildman–Crippen LogP) is 0.563. The third kappa shape index (κ3) is 7.51. The molecule has 2 bridgehead atoms. The number of fused-ring (bicyclic) bond motifs is 5. The molecule has 388 valence electrons. The van der Waals surface area contributed by atoms with Gasteiger partial charge in [-0.15, -0.1) is 0 Å². The fraction of sp³-hybridized carbons (Fsp3) is 0.959. The number of carbonyl (C=O) groups excluding carboxylic acids is 2.